The second-order valence-electron chi connectivity index (χ2n) is 6.94. The normalized spacial score (nSPS) is 11.1. The summed E-state index contributed by atoms with van der Waals surface area (Å²) in [5, 5.41) is 4.52. The standard InChI is InChI=1S/C23H24N2O5S2/c1-3-30-23(27)15-18-6-10-20(11-7-18)25(16-21-5-4-14-31-21)32(28,29)22-12-8-19(9-13-22)24-17(2)26/h4-14H,3,15-16H2,1-2H3,(H,24,26). The topological polar surface area (TPSA) is 92.8 Å². The zero-order valence-electron chi connectivity index (χ0n) is 17.8. The van der Waals surface area contributed by atoms with Crippen LogP contribution < -0.4 is 9.62 Å². The molecule has 0 fully saturated rings. The number of benzene rings is 2. The van der Waals surface area contributed by atoms with E-state index >= 15 is 0 Å². The minimum absolute atomic E-state index is 0.110. The number of carbonyl (C=O) groups excluding carboxylic acids is 2. The molecule has 3 aromatic rings. The molecule has 1 aromatic heterocycles. The first kappa shape index (κ1) is 23.5. The predicted octanol–water partition coefficient (Wildman–Crippen LogP) is 4.21. The van der Waals surface area contributed by atoms with Crippen LogP contribution in [-0.2, 0) is 37.3 Å². The number of carbonyl (C=O) groups is 2. The van der Waals surface area contributed by atoms with Crippen molar-refractivity contribution in [3.8, 4) is 0 Å². The molecule has 0 radical (unpaired) electrons. The molecule has 0 aliphatic carbocycles. The lowest BCUT2D eigenvalue weighted by Crippen LogP contribution is -2.30. The lowest BCUT2D eigenvalue weighted by molar-refractivity contribution is -0.142. The summed E-state index contributed by atoms with van der Waals surface area (Å²) in [7, 11) is -3.88. The van der Waals surface area contributed by atoms with Gasteiger partial charge in [-0.2, -0.15) is 0 Å². The molecule has 1 amide bonds. The van der Waals surface area contributed by atoms with Crippen molar-refractivity contribution in [2.45, 2.75) is 31.7 Å². The summed E-state index contributed by atoms with van der Waals surface area (Å²) < 4.78 is 33.3. The lowest BCUT2D eigenvalue weighted by Gasteiger charge is -2.24. The molecule has 7 nitrogen and oxygen atoms in total. The van der Waals surface area contributed by atoms with Crippen molar-refractivity contribution < 1.29 is 22.7 Å². The highest BCUT2D eigenvalue weighted by molar-refractivity contribution is 7.92. The molecule has 0 aliphatic heterocycles. The van der Waals surface area contributed by atoms with Gasteiger partial charge in [-0.05, 0) is 60.3 Å². The van der Waals surface area contributed by atoms with E-state index in [0.29, 0.717) is 18.0 Å². The zero-order chi connectivity index (χ0) is 23.1. The number of amides is 1. The van der Waals surface area contributed by atoms with Gasteiger partial charge in [0.1, 0.15) is 0 Å². The summed E-state index contributed by atoms with van der Waals surface area (Å²) in [5.74, 6) is -0.564. The van der Waals surface area contributed by atoms with Crippen LogP contribution >= 0.6 is 11.3 Å². The zero-order valence-corrected chi connectivity index (χ0v) is 19.4. The third kappa shape index (κ3) is 5.95. The molecule has 0 spiro atoms. The minimum atomic E-state index is -3.88. The predicted molar refractivity (Wildman–Crippen MR) is 125 cm³/mol. The van der Waals surface area contributed by atoms with E-state index in [1.165, 1.54) is 34.7 Å². The number of ether oxygens (including phenoxy) is 1. The molecule has 0 aliphatic rings. The van der Waals surface area contributed by atoms with Gasteiger partial charge in [-0.1, -0.05) is 18.2 Å². The maximum atomic E-state index is 13.5. The first-order valence-corrected chi connectivity index (χ1v) is 12.3. The number of nitrogens with zero attached hydrogens (tertiary/aromatic N) is 1. The number of rotatable bonds is 9. The molecule has 0 saturated heterocycles. The van der Waals surface area contributed by atoms with Crippen LogP contribution in [0.25, 0.3) is 0 Å². The first-order chi connectivity index (χ1) is 15.3. The molecule has 32 heavy (non-hydrogen) atoms. The molecule has 0 saturated carbocycles. The maximum Gasteiger partial charge on any atom is 0.310 e. The van der Waals surface area contributed by atoms with E-state index in [1.807, 2.05) is 17.5 Å². The molecule has 1 heterocycles. The largest absolute Gasteiger partial charge is 0.466 e. The number of anilines is 2. The van der Waals surface area contributed by atoms with Crippen molar-refractivity contribution in [3.63, 3.8) is 0 Å². The Morgan fingerprint density at radius 3 is 2.28 bits per heavy atom. The maximum absolute atomic E-state index is 13.5. The van der Waals surface area contributed by atoms with Crippen LogP contribution in [-0.4, -0.2) is 26.9 Å². The van der Waals surface area contributed by atoms with Crippen LogP contribution in [0.15, 0.2) is 70.9 Å². The molecule has 2 aromatic carbocycles. The Morgan fingerprint density at radius 2 is 1.72 bits per heavy atom. The van der Waals surface area contributed by atoms with E-state index in [1.54, 1.807) is 43.3 Å². The lowest BCUT2D eigenvalue weighted by atomic mass is 10.1. The fourth-order valence-corrected chi connectivity index (χ4v) is 5.28. The Bertz CT molecular complexity index is 1160. The van der Waals surface area contributed by atoms with Crippen molar-refractivity contribution in [3.05, 3.63) is 76.5 Å². The first-order valence-electron chi connectivity index (χ1n) is 9.97. The Kier molecular flexibility index (Phi) is 7.66. The van der Waals surface area contributed by atoms with Gasteiger partial charge in [0.25, 0.3) is 10.0 Å². The number of esters is 1. The number of sulfonamides is 1. The molecular weight excluding hydrogens is 448 g/mol. The van der Waals surface area contributed by atoms with Gasteiger partial charge in [0.15, 0.2) is 0 Å². The Labute approximate surface area is 191 Å². The number of thiophene rings is 1. The molecule has 1 N–H and O–H groups in total. The van der Waals surface area contributed by atoms with E-state index < -0.39 is 10.0 Å². The molecular formula is C23H24N2O5S2. The fourth-order valence-electron chi connectivity index (χ4n) is 3.06. The summed E-state index contributed by atoms with van der Waals surface area (Å²) in [4.78, 5) is 24.0. The number of hydrogen-bond acceptors (Lipinski definition) is 6. The summed E-state index contributed by atoms with van der Waals surface area (Å²) in [6.07, 6.45) is 0.121. The smallest absolute Gasteiger partial charge is 0.310 e. The van der Waals surface area contributed by atoms with Crippen LogP contribution in [0.2, 0.25) is 0 Å². The van der Waals surface area contributed by atoms with E-state index in [0.717, 1.165) is 10.4 Å². The molecule has 168 valence electrons. The Hall–Kier alpha value is -3.17. The second-order valence-corrected chi connectivity index (χ2v) is 9.84. The summed E-state index contributed by atoms with van der Waals surface area (Å²) in [6.45, 7) is 3.62. The summed E-state index contributed by atoms with van der Waals surface area (Å²) >= 11 is 1.47. The molecule has 9 heteroatoms. The van der Waals surface area contributed by atoms with Crippen molar-refractivity contribution in [1.82, 2.24) is 0 Å². The van der Waals surface area contributed by atoms with Crippen LogP contribution in [0.5, 0.6) is 0 Å². The van der Waals surface area contributed by atoms with E-state index in [-0.39, 0.29) is 29.7 Å². The minimum Gasteiger partial charge on any atom is -0.466 e. The van der Waals surface area contributed by atoms with Gasteiger partial charge in [0.2, 0.25) is 5.91 Å². The van der Waals surface area contributed by atoms with Crippen molar-refractivity contribution in [2.24, 2.45) is 0 Å². The molecule has 0 bridgehead atoms. The van der Waals surface area contributed by atoms with E-state index in [2.05, 4.69) is 5.32 Å². The average molecular weight is 473 g/mol. The van der Waals surface area contributed by atoms with Crippen LogP contribution in [0, 0.1) is 0 Å². The Morgan fingerprint density at radius 1 is 1.03 bits per heavy atom. The van der Waals surface area contributed by atoms with Gasteiger partial charge in [0, 0.05) is 17.5 Å². The number of hydrogen-bond donors (Lipinski definition) is 1. The highest BCUT2D eigenvalue weighted by Gasteiger charge is 2.26. The highest BCUT2D eigenvalue weighted by Crippen LogP contribution is 2.28. The van der Waals surface area contributed by atoms with Crippen LogP contribution in [0.4, 0.5) is 11.4 Å². The van der Waals surface area contributed by atoms with Crippen molar-refractivity contribution in [1.29, 1.82) is 0 Å². The fraction of sp³-hybridized carbons (Fsp3) is 0.217. The SMILES string of the molecule is CCOC(=O)Cc1ccc(N(Cc2cccs2)S(=O)(=O)c2ccc(NC(C)=O)cc2)cc1. The Balaban J connectivity index is 1.91. The number of nitrogens with one attached hydrogen (secondary N) is 1. The van der Waals surface area contributed by atoms with Gasteiger partial charge in [0.05, 0.1) is 30.2 Å². The summed E-state index contributed by atoms with van der Waals surface area (Å²) in [5.41, 5.74) is 1.74. The molecule has 0 atom stereocenters. The van der Waals surface area contributed by atoms with Crippen LogP contribution in [0.1, 0.15) is 24.3 Å². The third-order valence-corrected chi connectivity index (χ3v) is 7.17. The quantitative estimate of drug-likeness (QED) is 0.471. The third-order valence-electron chi connectivity index (χ3n) is 4.52. The van der Waals surface area contributed by atoms with Gasteiger partial charge < -0.3 is 10.1 Å². The van der Waals surface area contributed by atoms with Gasteiger partial charge in [-0.25, -0.2) is 8.42 Å². The van der Waals surface area contributed by atoms with Gasteiger partial charge >= 0.3 is 5.97 Å². The van der Waals surface area contributed by atoms with Crippen molar-refractivity contribution in [2.75, 3.05) is 16.2 Å². The molecule has 0 unspecified atom stereocenters. The summed E-state index contributed by atoms with van der Waals surface area (Å²) in [6, 6.07) is 16.6. The molecule has 3 rings (SSSR count). The van der Waals surface area contributed by atoms with Gasteiger partial charge in [-0.3, -0.25) is 13.9 Å². The van der Waals surface area contributed by atoms with Gasteiger partial charge in [-0.15, -0.1) is 11.3 Å². The average Bonchev–Trinajstić information content (AvgIpc) is 3.26. The monoisotopic (exact) mass is 472 g/mol. The van der Waals surface area contributed by atoms with Crippen LogP contribution in [0.3, 0.4) is 0 Å². The van der Waals surface area contributed by atoms with E-state index in [4.69, 9.17) is 4.74 Å². The van der Waals surface area contributed by atoms with Crippen molar-refractivity contribution >= 4 is 44.6 Å². The second kappa shape index (κ2) is 10.4. The van der Waals surface area contributed by atoms with E-state index in [9.17, 15) is 18.0 Å². The highest BCUT2D eigenvalue weighted by atomic mass is 32.2.